The number of rotatable bonds is 5. The molecular formula is C19H22FN5. The molecule has 0 aliphatic heterocycles. The number of hydrogen-bond donors (Lipinski definition) is 1. The maximum Gasteiger partial charge on any atom is 0.223 e. The zero-order chi connectivity index (χ0) is 18.0. The van der Waals surface area contributed by atoms with Gasteiger partial charge in [-0.2, -0.15) is 10.2 Å². The molecule has 2 aromatic rings. The second kappa shape index (κ2) is 6.70. The molecular weight excluding hydrogens is 317 g/mol. The molecule has 130 valence electrons. The van der Waals surface area contributed by atoms with Crippen LogP contribution in [0.25, 0.3) is 5.57 Å². The molecule has 25 heavy (non-hydrogen) atoms. The molecule has 0 fully saturated rings. The van der Waals surface area contributed by atoms with Gasteiger partial charge in [0, 0.05) is 25.2 Å². The van der Waals surface area contributed by atoms with Crippen molar-refractivity contribution in [3.8, 4) is 0 Å². The predicted octanol–water partition coefficient (Wildman–Crippen LogP) is 4.65. The van der Waals surface area contributed by atoms with E-state index in [1.54, 1.807) is 7.05 Å². The zero-order valence-electron chi connectivity index (χ0n) is 15.0. The van der Waals surface area contributed by atoms with Gasteiger partial charge >= 0.3 is 0 Å². The standard InChI is InChI=1S/C19H22FN5/c1-12-9-13(5-7-16(12)25-21-4)14-6-8-17-15(14)10-22-18(24-17)23-11-19(2,3)20/h5-7,9-10H,8,11H2,1-4H3,(H,22,23,24). The van der Waals surface area contributed by atoms with Crippen molar-refractivity contribution in [3.63, 3.8) is 0 Å². The molecule has 1 aromatic carbocycles. The van der Waals surface area contributed by atoms with Crippen LogP contribution in [0.3, 0.4) is 0 Å². The molecule has 5 nitrogen and oxygen atoms in total. The van der Waals surface area contributed by atoms with Gasteiger partial charge in [0.25, 0.3) is 0 Å². The van der Waals surface area contributed by atoms with E-state index in [9.17, 15) is 4.39 Å². The van der Waals surface area contributed by atoms with Gasteiger partial charge in [0.15, 0.2) is 0 Å². The smallest absolute Gasteiger partial charge is 0.223 e. The van der Waals surface area contributed by atoms with E-state index < -0.39 is 5.67 Å². The number of azo groups is 1. The first-order valence-electron chi connectivity index (χ1n) is 8.27. The number of halogens is 1. The van der Waals surface area contributed by atoms with Crippen LogP contribution in [0.1, 0.15) is 36.2 Å². The Morgan fingerprint density at radius 2 is 2.12 bits per heavy atom. The third kappa shape index (κ3) is 3.90. The lowest BCUT2D eigenvalue weighted by Crippen LogP contribution is -2.25. The first-order valence-corrected chi connectivity index (χ1v) is 8.27. The maximum atomic E-state index is 13.6. The summed E-state index contributed by atoms with van der Waals surface area (Å²) in [6.07, 6.45) is 4.71. The number of anilines is 1. The van der Waals surface area contributed by atoms with Crippen molar-refractivity contribution < 1.29 is 4.39 Å². The highest BCUT2D eigenvalue weighted by atomic mass is 19.1. The van der Waals surface area contributed by atoms with E-state index in [0.717, 1.165) is 40.1 Å². The van der Waals surface area contributed by atoms with Gasteiger partial charge in [-0.05, 0) is 49.6 Å². The Morgan fingerprint density at radius 1 is 1.32 bits per heavy atom. The highest BCUT2D eigenvalue weighted by molar-refractivity contribution is 5.84. The molecule has 0 saturated heterocycles. The molecule has 1 aliphatic rings. The molecule has 6 heteroatoms. The van der Waals surface area contributed by atoms with E-state index in [0.29, 0.717) is 5.95 Å². The second-order valence-electron chi connectivity index (χ2n) is 6.75. The van der Waals surface area contributed by atoms with Crippen LogP contribution in [0.15, 0.2) is 40.7 Å². The van der Waals surface area contributed by atoms with E-state index in [2.05, 4.69) is 37.7 Å². The first kappa shape index (κ1) is 17.2. The van der Waals surface area contributed by atoms with Crippen molar-refractivity contribution >= 4 is 17.2 Å². The molecule has 0 unspecified atom stereocenters. The fraction of sp³-hybridized carbons (Fsp3) is 0.368. The molecule has 1 heterocycles. The Kier molecular flexibility index (Phi) is 4.61. The fourth-order valence-electron chi connectivity index (χ4n) is 2.80. The van der Waals surface area contributed by atoms with Crippen molar-refractivity contribution in [2.24, 2.45) is 10.2 Å². The van der Waals surface area contributed by atoms with Gasteiger partial charge < -0.3 is 5.32 Å². The largest absolute Gasteiger partial charge is 0.351 e. The Bertz CT molecular complexity index is 849. The summed E-state index contributed by atoms with van der Waals surface area (Å²) in [4.78, 5) is 8.86. The van der Waals surface area contributed by atoms with Crippen molar-refractivity contribution in [1.29, 1.82) is 0 Å². The van der Waals surface area contributed by atoms with Gasteiger partial charge in [0.1, 0.15) is 5.67 Å². The quantitative estimate of drug-likeness (QED) is 0.807. The van der Waals surface area contributed by atoms with E-state index >= 15 is 0 Å². The van der Waals surface area contributed by atoms with Gasteiger partial charge in [-0.3, -0.25) is 0 Å². The third-order valence-corrected chi connectivity index (χ3v) is 4.04. The van der Waals surface area contributed by atoms with Crippen molar-refractivity contribution in [1.82, 2.24) is 9.97 Å². The van der Waals surface area contributed by atoms with Crippen LogP contribution < -0.4 is 5.32 Å². The lowest BCUT2D eigenvalue weighted by atomic mass is 10.00. The molecule has 0 amide bonds. The lowest BCUT2D eigenvalue weighted by molar-refractivity contribution is 0.234. The van der Waals surface area contributed by atoms with Crippen LogP contribution in [-0.4, -0.2) is 29.2 Å². The fourth-order valence-corrected chi connectivity index (χ4v) is 2.80. The zero-order valence-corrected chi connectivity index (χ0v) is 15.0. The minimum atomic E-state index is -1.30. The normalized spacial score (nSPS) is 13.9. The topological polar surface area (TPSA) is 62.5 Å². The average molecular weight is 339 g/mol. The highest BCUT2D eigenvalue weighted by Gasteiger charge is 2.20. The Morgan fingerprint density at radius 3 is 2.80 bits per heavy atom. The molecule has 0 saturated carbocycles. The van der Waals surface area contributed by atoms with E-state index in [-0.39, 0.29) is 6.54 Å². The molecule has 1 aliphatic carbocycles. The van der Waals surface area contributed by atoms with E-state index in [1.165, 1.54) is 13.8 Å². The van der Waals surface area contributed by atoms with Crippen molar-refractivity contribution in [2.45, 2.75) is 32.9 Å². The predicted molar refractivity (Wildman–Crippen MR) is 98.1 cm³/mol. The molecule has 1 N–H and O–H groups in total. The number of nitrogens with zero attached hydrogens (tertiary/aromatic N) is 4. The summed E-state index contributed by atoms with van der Waals surface area (Å²) >= 11 is 0. The first-order chi connectivity index (χ1) is 11.9. The van der Waals surface area contributed by atoms with Crippen LogP contribution in [-0.2, 0) is 6.42 Å². The van der Waals surface area contributed by atoms with Crippen LogP contribution in [0.2, 0.25) is 0 Å². The summed E-state index contributed by atoms with van der Waals surface area (Å²) in [7, 11) is 1.66. The molecule has 3 rings (SSSR count). The summed E-state index contributed by atoms with van der Waals surface area (Å²) in [5, 5.41) is 10.9. The Hall–Kier alpha value is -2.63. The minimum absolute atomic E-state index is 0.179. The van der Waals surface area contributed by atoms with Crippen molar-refractivity contribution in [2.75, 3.05) is 18.9 Å². The number of benzene rings is 1. The van der Waals surface area contributed by atoms with Gasteiger partial charge in [0.2, 0.25) is 5.95 Å². The number of aromatic nitrogens is 2. The molecule has 0 atom stereocenters. The number of alkyl halides is 1. The number of hydrogen-bond acceptors (Lipinski definition) is 5. The molecule has 0 radical (unpaired) electrons. The third-order valence-electron chi connectivity index (χ3n) is 4.04. The van der Waals surface area contributed by atoms with Crippen LogP contribution >= 0.6 is 0 Å². The summed E-state index contributed by atoms with van der Waals surface area (Å²) in [6, 6.07) is 6.11. The van der Waals surface area contributed by atoms with Gasteiger partial charge in [0.05, 0.1) is 17.9 Å². The molecule has 0 bridgehead atoms. The van der Waals surface area contributed by atoms with Crippen LogP contribution in [0.5, 0.6) is 0 Å². The molecule has 0 spiro atoms. The van der Waals surface area contributed by atoms with E-state index in [4.69, 9.17) is 0 Å². The number of aryl methyl sites for hydroxylation is 1. The number of allylic oxidation sites excluding steroid dienone is 1. The summed E-state index contributed by atoms with van der Waals surface area (Å²) in [5.74, 6) is 0.467. The highest BCUT2D eigenvalue weighted by Crippen LogP contribution is 2.33. The number of fused-ring (bicyclic) bond motifs is 1. The minimum Gasteiger partial charge on any atom is -0.351 e. The van der Waals surface area contributed by atoms with Gasteiger partial charge in [-0.1, -0.05) is 12.1 Å². The Balaban J connectivity index is 1.83. The SMILES string of the molecule is CN=Nc1ccc(C2=CCc3nc(NCC(C)(C)F)ncc32)cc1C. The average Bonchev–Trinajstić information content (AvgIpc) is 2.97. The van der Waals surface area contributed by atoms with Crippen molar-refractivity contribution in [3.05, 3.63) is 52.9 Å². The summed E-state index contributed by atoms with van der Waals surface area (Å²) in [6.45, 7) is 5.25. The monoisotopic (exact) mass is 339 g/mol. The molecule has 1 aromatic heterocycles. The maximum absolute atomic E-state index is 13.6. The lowest BCUT2D eigenvalue weighted by Gasteiger charge is -2.15. The van der Waals surface area contributed by atoms with Gasteiger partial charge in [-0.25, -0.2) is 14.4 Å². The van der Waals surface area contributed by atoms with Crippen LogP contribution in [0.4, 0.5) is 16.0 Å². The van der Waals surface area contributed by atoms with Gasteiger partial charge in [-0.15, -0.1) is 0 Å². The van der Waals surface area contributed by atoms with Crippen LogP contribution in [0, 0.1) is 6.92 Å². The van der Waals surface area contributed by atoms with E-state index in [1.807, 2.05) is 25.3 Å². The summed E-state index contributed by atoms with van der Waals surface area (Å²) in [5.41, 5.74) is 4.85. The number of nitrogens with one attached hydrogen (secondary N) is 1. The Labute approximate surface area is 147 Å². The second-order valence-corrected chi connectivity index (χ2v) is 6.75. The summed E-state index contributed by atoms with van der Waals surface area (Å²) < 4.78 is 13.6.